The van der Waals surface area contributed by atoms with E-state index in [1.54, 1.807) is 13.8 Å². The minimum Gasteiger partial charge on any atom is -0.481 e. The standard InChI is InChI=1S/C45H73N11O15/c1-21(2)19-28(44(69)56-18-10-13-31(56)40(65)52-34(22(3)4)45(70)71)51-39(64)29-11-8-16-54(29)42(67)24(6)48-41(66)35(25(7)57)53-37(62)27(20-33(59)60)50-38(63)30-12-9-17-55(30)43(68)26(14-15-32(47)58)49-36(61)23(5)46/h21-31,34-35,57H,8-20,46H2,1-7H3,(H2,47,58)(H,48,66)(H,49,61)(H,50,63)(H,51,64)(H,52,65)(H,53,62)(H,59,60)(H,70,71)/t23-,24-,25+,26-,27-,28-,29-,30-,31-,34-,35-/m0/s1. The van der Waals surface area contributed by atoms with Crippen molar-refractivity contribution < 1.29 is 72.9 Å². The van der Waals surface area contributed by atoms with Gasteiger partial charge in [0.05, 0.1) is 18.6 Å². The van der Waals surface area contributed by atoms with E-state index in [0.29, 0.717) is 19.3 Å². The van der Waals surface area contributed by atoms with Crippen LogP contribution in [0.4, 0.5) is 0 Å². The van der Waals surface area contributed by atoms with Crippen LogP contribution >= 0.6 is 0 Å². The van der Waals surface area contributed by atoms with Gasteiger partial charge in [-0.25, -0.2) is 4.79 Å². The van der Waals surface area contributed by atoms with Gasteiger partial charge in [0.1, 0.15) is 54.4 Å². The molecule has 0 aromatic rings. The number of nitrogens with zero attached hydrogens (tertiary/aromatic N) is 3. The summed E-state index contributed by atoms with van der Waals surface area (Å²) in [5, 5.41) is 44.6. The maximum absolute atomic E-state index is 14.0. The monoisotopic (exact) mass is 1010 g/mol. The van der Waals surface area contributed by atoms with E-state index in [9.17, 15) is 72.9 Å². The highest BCUT2D eigenvalue weighted by atomic mass is 16.4. The molecule has 0 unspecified atom stereocenters. The van der Waals surface area contributed by atoms with E-state index in [4.69, 9.17) is 11.5 Å². The number of aliphatic hydroxyl groups excluding tert-OH is 1. The van der Waals surface area contributed by atoms with Crippen LogP contribution in [0.15, 0.2) is 0 Å². The lowest BCUT2D eigenvalue weighted by atomic mass is 10.0. The average Bonchev–Trinajstić information content (AvgIpc) is 4.09. The second-order valence-corrected chi connectivity index (χ2v) is 19.3. The predicted molar refractivity (Wildman–Crippen MR) is 249 cm³/mol. The number of amides is 10. The van der Waals surface area contributed by atoms with Crippen LogP contribution in [0.25, 0.3) is 0 Å². The van der Waals surface area contributed by atoms with Crippen LogP contribution in [-0.4, -0.2) is 187 Å². The van der Waals surface area contributed by atoms with Crippen molar-refractivity contribution in [3.8, 4) is 0 Å². The van der Waals surface area contributed by atoms with Crippen LogP contribution in [-0.2, 0) is 57.5 Å². The highest BCUT2D eigenvalue weighted by Crippen LogP contribution is 2.24. The summed E-state index contributed by atoms with van der Waals surface area (Å²) < 4.78 is 0. The Kier molecular flexibility index (Phi) is 22.1. The number of carbonyl (C=O) groups is 12. The van der Waals surface area contributed by atoms with E-state index in [0.717, 1.165) is 11.8 Å². The number of aliphatic carboxylic acids is 2. The SMILES string of the molecule is CC(C)C[C@H](NC(=O)[C@@H]1CCCN1C(=O)[C@H](C)NC(=O)[C@@H](NC(=O)[C@H](CC(=O)O)NC(=O)[C@@H]1CCCN1C(=O)[C@H](CCC(N)=O)NC(=O)[C@H](C)N)[C@@H](C)O)C(=O)N1CCC[C@H]1C(=O)N[C@H](C(=O)O)C(C)C. The van der Waals surface area contributed by atoms with E-state index in [-0.39, 0.29) is 64.1 Å². The zero-order chi connectivity index (χ0) is 53.6. The van der Waals surface area contributed by atoms with Crippen LogP contribution in [0.2, 0.25) is 0 Å². The Morgan fingerprint density at radius 1 is 0.563 bits per heavy atom. The summed E-state index contributed by atoms with van der Waals surface area (Å²) in [7, 11) is 0. The fourth-order valence-corrected chi connectivity index (χ4v) is 8.81. The Morgan fingerprint density at radius 2 is 1.03 bits per heavy atom. The molecule has 0 aliphatic carbocycles. The summed E-state index contributed by atoms with van der Waals surface area (Å²) >= 11 is 0. The highest BCUT2D eigenvalue weighted by Gasteiger charge is 2.44. The number of aliphatic hydroxyl groups is 1. The van der Waals surface area contributed by atoms with E-state index < -0.39 is 150 Å². The summed E-state index contributed by atoms with van der Waals surface area (Å²) in [5.41, 5.74) is 10.9. The highest BCUT2D eigenvalue weighted by molar-refractivity contribution is 5.99. The molecule has 0 aromatic heterocycles. The van der Waals surface area contributed by atoms with Crippen LogP contribution < -0.4 is 43.4 Å². The molecule has 0 bridgehead atoms. The van der Waals surface area contributed by atoms with Crippen LogP contribution in [0.1, 0.15) is 113 Å². The molecule has 3 aliphatic heterocycles. The Balaban J connectivity index is 1.72. The Hall–Kier alpha value is -6.44. The van der Waals surface area contributed by atoms with Gasteiger partial charge in [0, 0.05) is 26.1 Å². The minimum atomic E-state index is -1.85. The average molecular weight is 1010 g/mol. The van der Waals surface area contributed by atoms with E-state index in [1.807, 2.05) is 13.8 Å². The van der Waals surface area contributed by atoms with Crippen molar-refractivity contribution in [2.75, 3.05) is 19.6 Å². The third-order valence-corrected chi connectivity index (χ3v) is 12.6. The molecule has 0 radical (unpaired) electrons. The lowest BCUT2D eigenvalue weighted by Gasteiger charge is -2.32. The number of hydrogen-bond donors (Lipinski definition) is 11. The van der Waals surface area contributed by atoms with Crippen molar-refractivity contribution in [3.05, 3.63) is 0 Å². The number of primary amides is 1. The van der Waals surface area contributed by atoms with Crippen molar-refractivity contribution in [1.29, 1.82) is 0 Å². The largest absolute Gasteiger partial charge is 0.481 e. The van der Waals surface area contributed by atoms with Gasteiger partial charge < -0.3 is 73.4 Å². The lowest BCUT2D eigenvalue weighted by molar-refractivity contribution is -0.146. The summed E-state index contributed by atoms with van der Waals surface area (Å²) in [6.45, 7) is 11.0. The molecule has 26 heteroatoms. The number of nitrogens with two attached hydrogens (primary N) is 2. The lowest BCUT2D eigenvalue weighted by Crippen LogP contribution is -2.61. The molecule has 398 valence electrons. The fraction of sp³-hybridized carbons (Fsp3) is 0.733. The third-order valence-electron chi connectivity index (χ3n) is 12.6. The molecule has 0 saturated carbocycles. The summed E-state index contributed by atoms with van der Waals surface area (Å²) in [6, 6.07) is -13.0. The van der Waals surface area contributed by atoms with Crippen LogP contribution in [0.3, 0.4) is 0 Å². The normalized spacial score (nSPS) is 21.2. The smallest absolute Gasteiger partial charge is 0.326 e. The van der Waals surface area contributed by atoms with Crippen LogP contribution in [0, 0.1) is 11.8 Å². The third kappa shape index (κ3) is 16.6. The molecule has 26 nitrogen and oxygen atoms in total. The van der Waals surface area contributed by atoms with Gasteiger partial charge in [0.15, 0.2) is 0 Å². The Morgan fingerprint density at radius 3 is 1.45 bits per heavy atom. The number of carboxylic acid groups (broad SMARTS) is 2. The van der Waals surface area contributed by atoms with Gasteiger partial charge in [-0.05, 0) is 84.0 Å². The number of hydrogen-bond acceptors (Lipinski definition) is 14. The molecule has 3 aliphatic rings. The van der Waals surface area contributed by atoms with E-state index in [1.165, 1.54) is 23.6 Å². The topological polar surface area (TPSA) is 399 Å². The molecular weight excluding hydrogens is 935 g/mol. The Bertz CT molecular complexity index is 2020. The van der Waals surface area contributed by atoms with Crippen molar-refractivity contribution in [2.45, 2.75) is 179 Å². The van der Waals surface area contributed by atoms with Gasteiger partial charge >= 0.3 is 11.9 Å². The minimum absolute atomic E-state index is 0.0223. The molecular formula is C45H73N11O15. The molecule has 3 rings (SSSR count). The van der Waals surface area contributed by atoms with Gasteiger partial charge in [-0.2, -0.15) is 0 Å². The van der Waals surface area contributed by atoms with Crippen LogP contribution in [0.5, 0.6) is 0 Å². The molecule has 0 aromatic carbocycles. The van der Waals surface area contributed by atoms with Crippen molar-refractivity contribution >= 4 is 71.0 Å². The van der Waals surface area contributed by atoms with Gasteiger partial charge in [0.2, 0.25) is 59.1 Å². The summed E-state index contributed by atoms with van der Waals surface area (Å²) in [5.74, 6) is -11.4. The first-order valence-corrected chi connectivity index (χ1v) is 24.1. The van der Waals surface area contributed by atoms with Crippen molar-refractivity contribution in [3.63, 3.8) is 0 Å². The first kappa shape index (κ1) is 58.9. The fourth-order valence-electron chi connectivity index (χ4n) is 8.81. The molecule has 71 heavy (non-hydrogen) atoms. The first-order chi connectivity index (χ1) is 33.2. The van der Waals surface area contributed by atoms with Crippen molar-refractivity contribution in [1.82, 2.24) is 46.6 Å². The first-order valence-electron chi connectivity index (χ1n) is 24.1. The Labute approximate surface area is 411 Å². The molecule has 3 fully saturated rings. The van der Waals surface area contributed by atoms with Crippen molar-refractivity contribution in [2.24, 2.45) is 23.3 Å². The predicted octanol–water partition coefficient (Wildman–Crippen LogP) is -3.86. The number of carboxylic acids is 2. The molecule has 10 amide bonds. The molecule has 0 spiro atoms. The summed E-state index contributed by atoms with van der Waals surface area (Å²) in [4.78, 5) is 161. The number of likely N-dealkylation sites (tertiary alicyclic amines) is 3. The number of rotatable bonds is 25. The molecule has 3 saturated heterocycles. The number of carbonyl (C=O) groups excluding carboxylic acids is 10. The maximum atomic E-state index is 14.0. The quantitative estimate of drug-likeness (QED) is 0.0417. The molecule has 13 N–H and O–H groups in total. The maximum Gasteiger partial charge on any atom is 0.326 e. The van der Waals surface area contributed by atoms with E-state index in [2.05, 4.69) is 31.9 Å². The molecule has 11 atom stereocenters. The second-order valence-electron chi connectivity index (χ2n) is 19.3. The van der Waals surface area contributed by atoms with Gasteiger partial charge in [-0.3, -0.25) is 52.7 Å². The van der Waals surface area contributed by atoms with Gasteiger partial charge in [-0.15, -0.1) is 0 Å². The zero-order valence-electron chi connectivity index (χ0n) is 41.4. The summed E-state index contributed by atoms with van der Waals surface area (Å²) in [6.07, 6.45) is -1.32. The van der Waals surface area contributed by atoms with Gasteiger partial charge in [0.25, 0.3) is 0 Å². The number of nitrogens with one attached hydrogen (secondary N) is 6. The second kappa shape index (κ2) is 26.7. The molecule has 3 heterocycles. The van der Waals surface area contributed by atoms with Gasteiger partial charge in [-0.1, -0.05) is 27.7 Å². The van der Waals surface area contributed by atoms with E-state index >= 15 is 0 Å². The zero-order valence-corrected chi connectivity index (χ0v) is 41.4.